The Bertz CT molecular complexity index is 310. The lowest BCUT2D eigenvalue weighted by Gasteiger charge is -2.32. The maximum absolute atomic E-state index is 5.81. The van der Waals surface area contributed by atoms with E-state index in [4.69, 9.17) is 5.73 Å². The number of rotatable bonds is 3. The molecule has 0 bridgehead atoms. The predicted molar refractivity (Wildman–Crippen MR) is 61.1 cm³/mol. The van der Waals surface area contributed by atoms with Crippen LogP contribution in [0.25, 0.3) is 0 Å². The third-order valence-corrected chi connectivity index (χ3v) is 3.53. The summed E-state index contributed by atoms with van der Waals surface area (Å²) >= 11 is 3.40. The lowest BCUT2D eigenvalue weighted by molar-refractivity contribution is 0.261. The van der Waals surface area contributed by atoms with Crippen LogP contribution < -0.4 is 5.73 Å². The van der Waals surface area contributed by atoms with Crippen LogP contribution in [-0.2, 0) is 0 Å². The number of aromatic nitrogens is 1. The monoisotopic (exact) mass is 254 g/mol. The fraction of sp³-hybridized carbons (Fsp3) is 0.545. The average Bonchev–Trinajstić information content (AvgIpc) is 2.10. The van der Waals surface area contributed by atoms with Gasteiger partial charge in [0.1, 0.15) is 4.60 Å². The SMILES string of the molecule is NCC(c1cccc(Br)n1)C1CCC1. The van der Waals surface area contributed by atoms with E-state index in [9.17, 15) is 0 Å². The first-order valence-electron chi connectivity index (χ1n) is 5.14. The molecule has 0 aliphatic heterocycles. The van der Waals surface area contributed by atoms with Gasteiger partial charge >= 0.3 is 0 Å². The lowest BCUT2D eigenvalue weighted by Crippen LogP contribution is -2.27. The molecule has 1 aromatic heterocycles. The summed E-state index contributed by atoms with van der Waals surface area (Å²) in [6.45, 7) is 0.716. The molecular formula is C11H15BrN2. The molecule has 2 N–H and O–H groups in total. The number of pyridine rings is 1. The number of halogens is 1. The van der Waals surface area contributed by atoms with E-state index in [1.807, 2.05) is 12.1 Å². The first-order chi connectivity index (χ1) is 6.81. The summed E-state index contributed by atoms with van der Waals surface area (Å²) in [4.78, 5) is 4.48. The first-order valence-corrected chi connectivity index (χ1v) is 5.93. The van der Waals surface area contributed by atoms with Gasteiger partial charge in [-0.05, 0) is 46.8 Å². The van der Waals surface area contributed by atoms with E-state index in [1.54, 1.807) is 0 Å². The Morgan fingerprint density at radius 1 is 1.50 bits per heavy atom. The predicted octanol–water partition coefficient (Wildman–Crippen LogP) is 2.69. The molecule has 0 saturated heterocycles. The first kappa shape index (κ1) is 10.1. The maximum Gasteiger partial charge on any atom is 0.106 e. The van der Waals surface area contributed by atoms with Crippen LogP contribution in [0.2, 0.25) is 0 Å². The van der Waals surface area contributed by atoms with Gasteiger partial charge in [-0.2, -0.15) is 0 Å². The van der Waals surface area contributed by atoms with Crippen molar-refractivity contribution in [1.82, 2.24) is 4.98 Å². The molecule has 0 radical (unpaired) electrons. The summed E-state index contributed by atoms with van der Waals surface area (Å²) in [5.74, 6) is 1.23. The highest BCUT2D eigenvalue weighted by Gasteiger charge is 2.28. The summed E-state index contributed by atoms with van der Waals surface area (Å²) in [6, 6.07) is 6.08. The molecule has 76 valence electrons. The van der Waals surface area contributed by atoms with Crippen molar-refractivity contribution in [2.75, 3.05) is 6.54 Å². The number of nitrogens with two attached hydrogens (primary N) is 1. The van der Waals surface area contributed by atoms with Crippen molar-refractivity contribution in [3.8, 4) is 0 Å². The van der Waals surface area contributed by atoms with Gasteiger partial charge in [-0.15, -0.1) is 0 Å². The summed E-state index contributed by atoms with van der Waals surface area (Å²) in [5.41, 5.74) is 6.95. The molecule has 1 aromatic rings. The third kappa shape index (κ3) is 1.98. The molecule has 1 aliphatic carbocycles. The average molecular weight is 255 g/mol. The van der Waals surface area contributed by atoms with E-state index < -0.39 is 0 Å². The zero-order chi connectivity index (χ0) is 9.97. The zero-order valence-electron chi connectivity index (χ0n) is 8.12. The Labute approximate surface area is 93.0 Å². The van der Waals surface area contributed by atoms with Crippen molar-refractivity contribution in [1.29, 1.82) is 0 Å². The van der Waals surface area contributed by atoms with E-state index in [1.165, 1.54) is 19.3 Å². The molecule has 3 heteroatoms. The van der Waals surface area contributed by atoms with E-state index >= 15 is 0 Å². The molecule has 1 aliphatic rings. The molecule has 1 fully saturated rings. The normalized spacial score (nSPS) is 19.0. The van der Waals surface area contributed by atoms with Gasteiger partial charge in [0.2, 0.25) is 0 Å². The molecular weight excluding hydrogens is 240 g/mol. The van der Waals surface area contributed by atoms with Crippen molar-refractivity contribution in [2.45, 2.75) is 25.2 Å². The summed E-state index contributed by atoms with van der Waals surface area (Å²) < 4.78 is 0.910. The second-order valence-electron chi connectivity index (χ2n) is 3.92. The van der Waals surface area contributed by atoms with Gasteiger partial charge in [0.25, 0.3) is 0 Å². The Hall–Kier alpha value is -0.410. The molecule has 1 atom stereocenters. The topological polar surface area (TPSA) is 38.9 Å². The van der Waals surface area contributed by atoms with Gasteiger partial charge in [0.05, 0.1) is 0 Å². The lowest BCUT2D eigenvalue weighted by atomic mass is 9.74. The number of hydrogen-bond acceptors (Lipinski definition) is 2. The van der Waals surface area contributed by atoms with E-state index in [2.05, 4.69) is 27.0 Å². The van der Waals surface area contributed by atoms with E-state index in [0.29, 0.717) is 12.5 Å². The van der Waals surface area contributed by atoms with E-state index in [-0.39, 0.29) is 0 Å². The van der Waals surface area contributed by atoms with Gasteiger partial charge in [-0.25, -0.2) is 4.98 Å². The Kier molecular flexibility index (Phi) is 3.19. The molecule has 2 rings (SSSR count). The Morgan fingerprint density at radius 2 is 2.29 bits per heavy atom. The fourth-order valence-corrected chi connectivity index (χ4v) is 2.38. The maximum atomic E-state index is 5.81. The van der Waals surface area contributed by atoms with Crippen LogP contribution in [0.5, 0.6) is 0 Å². The smallest absolute Gasteiger partial charge is 0.106 e. The molecule has 1 unspecified atom stereocenters. The number of nitrogens with zero attached hydrogens (tertiary/aromatic N) is 1. The van der Waals surface area contributed by atoms with Gasteiger partial charge in [-0.3, -0.25) is 0 Å². The minimum absolute atomic E-state index is 0.459. The van der Waals surface area contributed by atoms with Crippen molar-refractivity contribution in [2.24, 2.45) is 11.7 Å². The second kappa shape index (κ2) is 4.41. The van der Waals surface area contributed by atoms with Crippen molar-refractivity contribution >= 4 is 15.9 Å². The minimum atomic E-state index is 0.459. The molecule has 14 heavy (non-hydrogen) atoms. The van der Waals surface area contributed by atoms with Crippen LogP contribution in [0, 0.1) is 5.92 Å². The van der Waals surface area contributed by atoms with Crippen LogP contribution in [-0.4, -0.2) is 11.5 Å². The molecule has 0 aromatic carbocycles. The van der Waals surface area contributed by atoms with Crippen LogP contribution in [0.4, 0.5) is 0 Å². The van der Waals surface area contributed by atoms with Crippen LogP contribution >= 0.6 is 15.9 Å². The third-order valence-electron chi connectivity index (χ3n) is 3.09. The van der Waals surface area contributed by atoms with E-state index in [0.717, 1.165) is 16.2 Å². The minimum Gasteiger partial charge on any atom is -0.330 e. The molecule has 1 heterocycles. The van der Waals surface area contributed by atoms with Crippen LogP contribution in [0.3, 0.4) is 0 Å². The number of hydrogen-bond donors (Lipinski definition) is 1. The Morgan fingerprint density at radius 3 is 2.79 bits per heavy atom. The highest BCUT2D eigenvalue weighted by Crippen LogP contribution is 2.38. The summed E-state index contributed by atoms with van der Waals surface area (Å²) in [6.07, 6.45) is 3.99. The highest BCUT2D eigenvalue weighted by molar-refractivity contribution is 9.10. The summed E-state index contributed by atoms with van der Waals surface area (Å²) in [5, 5.41) is 0. The highest BCUT2D eigenvalue weighted by atomic mass is 79.9. The van der Waals surface area contributed by atoms with Gasteiger partial charge < -0.3 is 5.73 Å². The standard InChI is InChI=1S/C11H15BrN2/c12-11-6-2-5-10(14-11)9(7-13)8-3-1-4-8/h2,5-6,8-9H,1,3-4,7,13H2. The zero-order valence-corrected chi connectivity index (χ0v) is 9.70. The largest absolute Gasteiger partial charge is 0.330 e. The van der Waals surface area contributed by atoms with Crippen LogP contribution in [0.15, 0.2) is 22.8 Å². The van der Waals surface area contributed by atoms with Gasteiger partial charge in [-0.1, -0.05) is 12.5 Å². The fourth-order valence-electron chi connectivity index (χ4n) is 2.03. The quantitative estimate of drug-likeness (QED) is 0.843. The molecule has 0 spiro atoms. The van der Waals surface area contributed by atoms with Crippen molar-refractivity contribution in [3.63, 3.8) is 0 Å². The van der Waals surface area contributed by atoms with Crippen LogP contribution in [0.1, 0.15) is 30.9 Å². The summed E-state index contributed by atoms with van der Waals surface area (Å²) in [7, 11) is 0. The molecule has 1 saturated carbocycles. The molecule has 0 amide bonds. The van der Waals surface area contributed by atoms with Gasteiger partial charge in [0, 0.05) is 18.2 Å². The second-order valence-corrected chi connectivity index (χ2v) is 4.73. The Balaban J connectivity index is 2.17. The van der Waals surface area contributed by atoms with Crippen molar-refractivity contribution < 1.29 is 0 Å². The van der Waals surface area contributed by atoms with Gasteiger partial charge in [0.15, 0.2) is 0 Å². The van der Waals surface area contributed by atoms with Crippen molar-refractivity contribution in [3.05, 3.63) is 28.5 Å². The molecule has 2 nitrogen and oxygen atoms in total.